The number of hydrogen-bond acceptors (Lipinski definition) is 1. The Kier molecular flexibility index (Phi) is 3.76. The number of halogens is 2. The van der Waals surface area contributed by atoms with Crippen molar-refractivity contribution in [2.75, 3.05) is 6.54 Å². The highest BCUT2D eigenvalue weighted by Gasteiger charge is 2.25. The molecule has 0 saturated carbocycles. The average Bonchev–Trinajstić information content (AvgIpc) is 2.30. The van der Waals surface area contributed by atoms with E-state index in [1.165, 1.54) is 6.42 Å². The summed E-state index contributed by atoms with van der Waals surface area (Å²) in [5.41, 5.74) is 0.761. The Morgan fingerprint density at radius 1 is 1.33 bits per heavy atom. The summed E-state index contributed by atoms with van der Waals surface area (Å²) in [4.78, 5) is 0. The molecule has 1 aliphatic rings. The molecular formula is C12H15BrFN. The van der Waals surface area contributed by atoms with Crippen LogP contribution >= 0.6 is 15.9 Å². The van der Waals surface area contributed by atoms with Crippen LogP contribution in [0.4, 0.5) is 4.39 Å². The van der Waals surface area contributed by atoms with E-state index in [-0.39, 0.29) is 6.04 Å². The first-order valence-corrected chi connectivity index (χ1v) is 6.20. The fourth-order valence-electron chi connectivity index (χ4n) is 2.04. The lowest BCUT2D eigenvalue weighted by Crippen LogP contribution is -2.37. The SMILES string of the molecule is FC(c1ccccc1Br)C1CCCCN1. The minimum atomic E-state index is -0.902. The second kappa shape index (κ2) is 5.08. The van der Waals surface area contributed by atoms with Gasteiger partial charge in [-0.15, -0.1) is 0 Å². The van der Waals surface area contributed by atoms with Gasteiger partial charge in [-0.3, -0.25) is 0 Å². The first kappa shape index (κ1) is 11.1. The van der Waals surface area contributed by atoms with E-state index in [0.29, 0.717) is 0 Å². The number of nitrogens with one attached hydrogen (secondary N) is 1. The minimum absolute atomic E-state index is 0.0163. The zero-order chi connectivity index (χ0) is 10.7. The van der Waals surface area contributed by atoms with Crippen LogP contribution in [0.25, 0.3) is 0 Å². The maximum atomic E-state index is 14.2. The summed E-state index contributed by atoms with van der Waals surface area (Å²) in [6.45, 7) is 0.940. The third-order valence-electron chi connectivity index (χ3n) is 2.90. The molecule has 15 heavy (non-hydrogen) atoms. The normalized spacial score (nSPS) is 23.7. The topological polar surface area (TPSA) is 12.0 Å². The van der Waals surface area contributed by atoms with E-state index < -0.39 is 6.17 Å². The van der Waals surface area contributed by atoms with Gasteiger partial charge in [0.05, 0.1) is 0 Å². The maximum absolute atomic E-state index is 14.2. The summed E-state index contributed by atoms with van der Waals surface area (Å²) in [6.07, 6.45) is 2.32. The lowest BCUT2D eigenvalue weighted by molar-refractivity contribution is 0.220. The summed E-state index contributed by atoms with van der Waals surface area (Å²) >= 11 is 3.40. The Bertz CT molecular complexity index is 323. The lowest BCUT2D eigenvalue weighted by Gasteiger charge is -2.27. The van der Waals surface area contributed by atoms with Crippen LogP contribution in [0.1, 0.15) is 31.0 Å². The Labute approximate surface area is 98.2 Å². The molecule has 0 amide bonds. The van der Waals surface area contributed by atoms with Crippen molar-refractivity contribution in [3.8, 4) is 0 Å². The number of rotatable bonds is 2. The van der Waals surface area contributed by atoms with Crippen LogP contribution in [-0.4, -0.2) is 12.6 Å². The van der Waals surface area contributed by atoms with E-state index >= 15 is 0 Å². The van der Waals surface area contributed by atoms with Crippen molar-refractivity contribution in [1.82, 2.24) is 5.32 Å². The molecular weight excluding hydrogens is 257 g/mol. The Balaban J connectivity index is 2.12. The van der Waals surface area contributed by atoms with Crippen LogP contribution in [0, 0.1) is 0 Å². The minimum Gasteiger partial charge on any atom is -0.311 e. The molecule has 0 aromatic heterocycles. The standard InChI is InChI=1S/C12H15BrFN/c13-10-6-2-1-5-9(10)12(14)11-7-3-4-8-15-11/h1-2,5-6,11-12,15H,3-4,7-8H2. The molecule has 1 fully saturated rings. The van der Waals surface area contributed by atoms with Gasteiger partial charge in [0.1, 0.15) is 6.17 Å². The zero-order valence-electron chi connectivity index (χ0n) is 8.55. The largest absolute Gasteiger partial charge is 0.311 e. The van der Waals surface area contributed by atoms with Gasteiger partial charge in [-0.25, -0.2) is 4.39 Å². The van der Waals surface area contributed by atoms with E-state index in [0.717, 1.165) is 29.4 Å². The second-order valence-corrected chi connectivity index (χ2v) is 4.83. The third-order valence-corrected chi connectivity index (χ3v) is 3.63. The highest BCUT2D eigenvalue weighted by Crippen LogP contribution is 2.31. The molecule has 2 unspecified atom stereocenters. The summed E-state index contributed by atoms with van der Waals surface area (Å²) in [5.74, 6) is 0. The average molecular weight is 272 g/mol. The van der Waals surface area contributed by atoms with Crippen LogP contribution in [0.5, 0.6) is 0 Å². The van der Waals surface area contributed by atoms with Crippen LogP contribution in [0.2, 0.25) is 0 Å². The first-order chi connectivity index (χ1) is 7.29. The van der Waals surface area contributed by atoms with Crippen LogP contribution in [0.15, 0.2) is 28.7 Å². The molecule has 1 aromatic rings. The summed E-state index contributed by atoms with van der Waals surface area (Å²) in [7, 11) is 0. The molecule has 2 rings (SSSR count). The fourth-order valence-corrected chi connectivity index (χ4v) is 2.55. The number of benzene rings is 1. The molecule has 1 heterocycles. The first-order valence-electron chi connectivity index (χ1n) is 5.41. The predicted octanol–water partition coefficient (Wildman–Crippen LogP) is 3.60. The van der Waals surface area contributed by atoms with Gasteiger partial charge < -0.3 is 5.32 Å². The fraction of sp³-hybridized carbons (Fsp3) is 0.500. The Morgan fingerprint density at radius 3 is 2.80 bits per heavy atom. The van der Waals surface area contributed by atoms with Crippen molar-refractivity contribution in [2.24, 2.45) is 0 Å². The molecule has 2 atom stereocenters. The number of alkyl halides is 1. The van der Waals surface area contributed by atoms with E-state index in [2.05, 4.69) is 21.2 Å². The van der Waals surface area contributed by atoms with Gasteiger partial charge in [-0.1, -0.05) is 40.5 Å². The molecule has 0 radical (unpaired) electrons. The zero-order valence-corrected chi connectivity index (χ0v) is 10.1. The van der Waals surface area contributed by atoms with Gasteiger partial charge in [0, 0.05) is 16.1 Å². The van der Waals surface area contributed by atoms with Gasteiger partial charge in [-0.2, -0.15) is 0 Å². The molecule has 0 bridgehead atoms. The molecule has 1 aromatic carbocycles. The summed E-state index contributed by atoms with van der Waals surface area (Å²) < 4.78 is 15.1. The van der Waals surface area contributed by atoms with Crippen LogP contribution in [0.3, 0.4) is 0 Å². The van der Waals surface area contributed by atoms with E-state index in [4.69, 9.17) is 0 Å². The van der Waals surface area contributed by atoms with Gasteiger partial charge in [0.2, 0.25) is 0 Å². The highest BCUT2D eigenvalue weighted by atomic mass is 79.9. The van der Waals surface area contributed by atoms with E-state index in [1.807, 2.05) is 24.3 Å². The van der Waals surface area contributed by atoms with Gasteiger partial charge >= 0.3 is 0 Å². The molecule has 82 valence electrons. The van der Waals surface area contributed by atoms with Crippen molar-refractivity contribution in [3.63, 3.8) is 0 Å². The monoisotopic (exact) mass is 271 g/mol. The second-order valence-electron chi connectivity index (χ2n) is 3.98. The molecule has 1 N–H and O–H groups in total. The van der Waals surface area contributed by atoms with Crippen LogP contribution in [-0.2, 0) is 0 Å². The van der Waals surface area contributed by atoms with Gasteiger partial charge in [0.15, 0.2) is 0 Å². The smallest absolute Gasteiger partial charge is 0.141 e. The van der Waals surface area contributed by atoms with Crippen molar-refractivity contribution < 1.29 is 4.39 Å². The van der Waals surface area contributed by atoms with Crippen molar-refractivity contribution in [3.05, 3.63) is 34.3 Å². The van der Waals surface area contributed by atoms with E-state index in [1.54, 1.807) is 0 Å². The van der Waals surface area contributed by atoms with Crippen molar-refractivity contribution >= 4 is 15.9 Å². The quantitative estimate of drug-likeness (QED) is 0.867. The van der Waals surface area contributed by atoms with Crippen molar-refractivity contribution in [2.45, 2.75) is 31.5 Å². The van der Waals surface area contributed by atoms with Crippen LogP contribution < -0.4 is 5.32 Å². The molecule has 3 heteroatoms. The predicted molar refractivity (Wildman–Crippen MR) is 63.6 cm³/mol. The number of hydrogen-bond donors (Lipinski definition) is 1. The summed E-state index contributed by atoms with van der Waals surface area (Å²) in [6, 6.07) is 7.53. The number of piperidine rings is 1. The molecule has 0 aliphatic carbocycles. The molecule has 0 spiro atoms. The van der Waals surface area contributed by atoms with E-state index in [9.17, 15) is 4.39 Å². The van der Waals surface area contributed by atoms with Crippen molar-refractivity contribution in [1.29, 1.82) is 0 Å². The van der Waals surface area contributed by atoms with Gasteiger partial charge in [0.25, 0.3) is 0 Å². The van der Waals surface area contributed by atoms with Gasteiger partial charge in [-0.05, 0) is 25.5 Å². The highest BCUT2D eigenvalue weighted by molar-refractivity contribution is 9.10. The summed E-state index contributed by atoms with van der Waals surface area (Å²) in [5, 5.41) is 3.25. The molecule has 1 saturated heterocycles. The lowest BCUT2D eigenvalue weighted by atomic mass is 9.96. The Morgan fingerprint density at radius 2 is 2.13 bits per heavy atom. The molecule has 1 aliphatic heterocycles. The molecule has 1 nitrogen and oxygen atoms in total. The maximum Gasteiger partial charge on any atom is 0.141 e. The Hall–Kier alpha value is -0.410. The third kappa shape index (κ3) is 2.58.